The number of hydrogen-bond donors (Lipinski definition) is 2. The number of nitrogens with two attached hydrogens (primary N) is 1. The molecule has 0 saturated carbocycles. The van der Waals surface area contributed by atoms with Crippen molar-refractivity contribution >= 4 is 17.1 Å². The third kappa shape index (κ3) is 3.61. The van der Waals surface area contributed by atoms with Crippen molar-refractivity contribution in [3.63, 3.8) is 0 Å². The average Bonchev–Trinajstić information content (AvgIpc) is 2.32. The topological polar surface area (TPSA) is 28.6 Å². The predicted octanol–water partition coefficient (Wildman–Crippen LogP) is 3.03. The average molecular weight is 227 g/mol. The van der Waals surface area contributed by atoms with Gasteiger partial charge >= 0.3 is 0 Å². The first-order valence-electron chi connectivity index (χ1n) is 6.01. The maximum atomic E-state index is 3.37. The molecule has 0 aliphatic rings. The van der Waals surface area contributed by atoms with Crippen LogP contribution >= 0.6 is 0 Å². The molecule has 2 aromatic rings. The molecule has 0 amide bonds. The number of anilines is 2. The fraction of sp³-hybridized carbons (Fsp3) is 0.200. The van der Waals surface area contributed by atoms with Crippen molar-refractivity contribution in [1.82, 2.24) is 0 Å². The molecule has 0 aliphatic carbocycles. The summed E-state index contributed by atoms with van der Waals surface area (Å²) in [5.41, 5.74) is 3.52. The zero-order valence-electron chi connectivity index (χ0n) is 10.4. The van der Waals surface area contributed by atoms with Crippen LogP contribution < -0.4 is 10.6 Å². The Morgan fingerprint density at radius 3 is 2.00 bits per heavy atom. The van der Waals surface area contributed by atoms with Crippen LogP contribution in [0.5, 0.6) is 0 Å². The maximum absolute atomic E-state index is 3.37. The highest BCUT2D eigenvalue weighted by Gasteiger charge is 2.00. The van der Waals surface area contributed by atoms with Gasteiger partial charge in [-0.15, -0.1) is 0 Å². The number of para-hydroxylation sites is 1. The Morgan fingerprint density at radius 1 is 0.824 bits per heavy atom. The third-order valence-electron chi connectivity index (χ3n) is 2.50. The molecule has 0 fully saturated rings. The van der Waals surface area contributed by atoms with Gasteiger partial charge in [0.15, 0.2) is 0 Å². The van der Waals surface area contributed by atoms with Gasteiger partial charge in [-0.05, 0) is 38.1 Å². The Hall–Kier alpha value is -1.80. The van der Waals surface area contributed by atoms with E-state index in [1.54, 1.807) is 0 Å². The fourth-order valence-electron chi connectivity index (χ4n) is 1.75. The van der Waals surface area contributed by atoms with Crippen LogP contribution in [0.3, 0.4) is 0 Å². The quantitative estimate of drug-likeness (QED) is 0.772. The van der Waals surface area contributed by atoms with Crippen LogP contribution in [0.15, 0.2) is 54.6 Å². The lowest BCUT2D eigenvalue weighted by atomic mass is 10.2. The van der Waals surface area contributed by atoms with Crippen LogP contribution in [-0.4, -0.2) is 6.04 Å². The lowest BCUT2D eigenvalue weighted by molar-refractivity contribution is -0.603. The van der Waals surface area contributed by atoms with Crippen LogP contribution in [-0.2, 0) is 0 Å². The molecule has 88 valence electrons. The van der Waals surface area contributed by atoms with E-state index in [4.69, 9.17) is 0 Å². The van der Waals surface area contributed by atoms with Crippen molar-refractivity contribution in [3.05, 3.63) is 54.6 Å². The molecule has 2 heteroatoms. The van der Waals surface area contributed by atoms with Crippen molar-refractivity contribution in [2.45, 2.75) is 19.9 Å². The first-order chi connectivity index (χ1) is 8.24. The minimum atomic E-state index is 0.586. The molecule has 0 bridgehead atoms. The van der Waals surface area contributed by atoms with Gasteiger partial charge in [0.25, 0.3) is 0 Å². The van der Waals surface area contributed by atoms with Crippen LogP contribution in [0.1, 0.15) is 13.8 Å². The lowest BCUT2D eigenvalue weighted by Crippen LogP contribution is -2.82. The Bertz CT molecular complexity index is 446. The van der Waals surface area contributed by atoms with Crippen molar-refractivity contribution in [3.8, 4) is 0 Å². The summed E-state index contributed by atoms with van der Waals surface area (Å²) in [7, 11) is 0. The van der Waals surface area contributed by atoms with Gasteiger partial charge in [-0.2, -0.15) is 0 Å². The van der Waals surface area contributed by atoms with Gasteiger partial charge in [-0.25, -0.2) is 0 Å². The standard InChI is InChI=1S/C15H18N2/c1-12(2)16-14-8-10-15(11-9-14)17-13-6-4-3-5-7-13/h3-12,16-17H,1-2H3/p+1. The van der Waals surface area contributed by atoms with E-state index < -0.39 is 0 Å². The maximum Gasteiger partial charge on any atom is 0.129 e. The highest BCUT2D eigenvalue weighted by Crippen LogP contribution is 2.16. The van der Waals surface area contributed by atoms with Crippen LogP contribution in [0.25, 0.3) is 0 Å². The van der Waals surface area contributed by atoms with Crippen LogP contribution in [0.4, 0.5) is 17.1 Å². The summed E-state index contributed by atoms with van der Waals surface area (Å²) < 4.78 is 0. The number of benzene rings is 2. The molecular weight excluding hydrogens is 208 g/mol. The minimum absolute atomic E-state index is 0.586. The summed E-state index contributed by atoms with van der Waals surface area (Å²) in [6, 6.07) is 19.3. The predicted molar refractivity (Wildman–Crippen MR) is 72.9 cm³/mol. The summed E-state index contributed by atoms with van der Waals surface area (Å²) in [4.78, 5) is 0. The largest absolute Gasteiger partial charge is 0.356 e. The third-order valence-corrected chi connectivity index (χ3v) is 2.50. The van der Waals surface area contributed by atoms with E-state index in [1.807, 2.05) is 18.2 Å². The molecule has 0 saturated heterocycles. The number of quaternary nitrogens is 1. The van der Waals surface area contributed by atoms with Gasteiger partial charge in [0.05, 0.1) is 6.04 Å². The summed E-state index contributed by atoms with van der Waals surface area (Å²) in [5.74, 6) is 0. The summed E-state index contributed by atoms with van der Waals surface area (Å²) >= 11 is 0. The molecule has 0 heterocycles. The van der Waals surface area contributed by atoms with E-state index in [2.05, 4.69) is 60.9 Å². The molecule has 0 unspecified atom stereocenters. The Labute approximate surface area is 103 Å². The molecule has 2 rings (SSSR count). The molecule has 0 radical (unpaired) electrons. The number of rotatable bonds is 4. The fourth-order valence-corrected chi connectivity index (χ4v) is 1.75. The smallest absolute Gasteiger partial charge is 0.129 e. The normalized spacial score (nSPS) is 10.5. The van der Waals surface area contributed by atoms with E-state index in [9.17, 15) is 0 Å². The van der Waals surface area contributed by atoms with Crippen molar-refractivity contribution < 1.29 is 5.32 Å². The van der Waals surface area contributed by atoms with E-state index in [0.717, 1.165) is 11.4 Å². The molecule has 0 spiro atoms. The SMILES string of the molecule is CC(C)[NH2+]c1ccc(Nc2ccccc2)cc1. The first-order valence-corrected chi connectivity index (χ1v) is 6.01. The number of nitrogens with one attached hydrogen (secondary N) is 1. The molecule has 2 aromatic carbocycles. The van der Waals surface area contributed by atoms with Gasteiger partial charge in [0.1, 0.15) is 5.69 Å². The van der Waals surface area contributed by atoms with Crippen molar-refractivity contribution in [1.29, 1.82) is 0 Å². The number of hydrogen-bond acceptors (Lipinski definition) is 1. The van der Waals surface area contributed by atoms with Crippen LogP contribution in [0.2, 0.25) is 0 Å². The van der Waals surface area contributed by atoms with E-state index in [1.165, 1.54) is 5.69 Å². The minimum Gasteiger partial charge on any atom is -0.356 e. The van der Waals surface area contributed by atoms with Gasteiger partial charge in [-0.1, -0.05) is 18.2 Å². The second-order valence-electron chi connectivity index (χ2n) is 4.52. The molecule has 2 nitrogen and oxygen atoms in total. The Morgan fingerprint density at radius 2 is 1.41 bits per heavy atom. The summed E-state index contributed by atoms with van der Waals surface area (Å²) in [5, 5.41) is 5.63. The van der Waals surface area contributed by atoms with Crippen molar-refractivity contribution in [2.75, 3.05) is 5.32 Å². The summed E-state index contributed by atoms with van der Waals surface area (Å²) in [6.07, 6.45) is 0. The molecule has 17 heavy (non-hydrogen) atoms. The molecule has 0 aliphatic heterocycles. The molecular formula is C15H19N2+. The zero-order chi connectivity index (χ0) is 12.1. The molecule has 3 N–H and O–H groups in total. The first kappa shape index (κ1) is 11.7. The lowest BCUT2D eigenvalue weighted by Gasteiger charge is -2.07. The monoisotopic (exact) mass is 227 g/mol. The van der Waals surface area contributed by atoms with Crippen molar-refractivity contribution in [2.24, 2.45) is 0 Å². The van der Waals surface area contributed by atoms with Gasteiger partial charge < -0.3 is 10.6 Å². The summed E-state index contributed by atoms with van der Waals surface area (Å²) in [6.45, 7) is 4.38. The molecule has 0 atom stereocenters. The Kier molecular flexibility index (Phi) is 3.78. The van der Waals surface area contributed by atoms with E-state index in [-0.39, 0.29) is 0 Å². The van der Waals surface area contributed by atoms with Gasteiger partial charge in [-0.3, -0.25) is 0 Å². The van der Waals surface area contributed by atoms with Crippen LogP contribution in [0, 0.1) is 0 Å². The van der Waals surface area contributed by atoms with E-state index in [0.29, 0.717) is 6.04 Å². The molecule has 0 aromatic heterocycles. The highest BCUT2D eigenvalue weighted by molar-refractivity contribution is 5.60. The van der Waals surface area contributed by atoms with Gasteiger partial charge in [0, 0.05) is 23.5 Å². The second-order valence-corrected chi connectivity index (χ2v) is 4.52. The van der Waals surface area contributed by atoms with Gasteiger partial charge in [0.2, 0.25) is 0 Å². The van der Waals surface area contributed by atoms with E-state index >= 15 is 0 Å². The highest BCUT2D eigenvalue weighted by atomic mass is 14.9. The Balaban J connectivity index is 2.03. The second kappa shape index (κ2) is 5.51. The zero-order valence-corrected chi connectivity index (χ0v) is 10.4.